The number of hydrazone groups is 1. The molecule has 0 radical (unpaired) electrons. The van der Waals surface area contributed by atoms with Gasteiger partial charge in [-0.15, -0.1) is 0 Å². The van der Waals surface area contributed by atoms with Crippen LogP contribution in [0.5, 0.6) is 11.5 Å². The normalized spacial score (nSPS) is 24.4. The number of nitrogens with zero attached hydrogens (tertiary/aromatic N) is 2. The summed E-state index contributed by atoms with van der Waals surface area (Å²) in [5, 5.41) is 8.53. The Morgan fingerprint density at radius 1 is 1.17 bits per heavy atom. The van der Waals surface area contributed by atoms with Gasteiger partial charge in [0.2, 0.25) is 0 Å². The number of methoxy groups -OCH3 is 1. The minimum atomic E-state index is -0.337. The van der Waals surface area contributed by atoms with Crippen LogP contribution in [0.25, 0.3) is 0 Å². The molecule has 2 aromatic rings. The van der Waals surface area contributed by atoms with Crippen LogP contribution in [-0.2, 0) is 14.4 Å². The molecule has 180 valence electrons. The maximum atomic E-state index is 12.8. The number of amides is 3. The van der Waals surface area contributed by atoms with Crippen LogP contribution in [0.15, 0.2) is 53.7 Å². The van der Waals surface area contributed by atoms with Crippen LogP contribution < -0.4 is 14.8 Å². The molecule has 0 unspecified atom stereocenters. The fourth-order valence-corrected chi connectivity index (χ4v) is 5.85. The minimum Gasteiger partial charge on any atom is -0.493 e. The van der Waals surface area contributed by atoms with E-state index < -0.39 is 0 Å². The minimum absolute atomic E-state index is 0.135. The predicted octanol–water partition coefficient (Wildman–Crippen LogP) is 4.11. The highest BCUT2D eigenvalue weighted by molar-refractivity contribution is 14.1. The number of rotatable bonds is 7. The van der Waals surface area contributed by atoms with Gasteiger partial charge in [-0.3, -0.25) is 14.4 Å². The number of halogens is 2. The summed E-state index contributed by atoms with van der Waals surface area (Å²) in [5.41, 5.74) is 1.23. The van der Waals surface area contributed by atoms with Crippen molar-refractivity contribution in [3.63, 3.8) is 0 Å². The molecule has 0 aromatic heterocycles. The lowest BCUT2D eigenvalue weighted by Crippen LogP contribution is -2.28. The summed E-state index contributed by atoms with van der Waals surface area (Å²) in [6.45, 7) is -0.224. The van der Waals surface area contributed by atoms with Gasteiger partial charge in [0.05, 0.1) is 28.7 Å². The molecule has 2 bridgehead atoms. The van der Waals surface area contributed by atoms with Crippen molar-refractivity contribution in [3.05, 3.63) is 62.7 Å². The average Bonchev–Trinajstić information content (AvgIpc) is 3.52. The van der Waals surface area contributed by atoms with Gasteiger partial charge in [-0.25, -0.2) is 0 Å². The van der Waals surface area contributed by atoms with Gasteiger partial charge in [0.25, 0.3) is 17.7 Å². The molecule has 1 aliphatic heterocycles. The number of benzene rings is 2. The SMILES string of the molecule is COc1cc(C=NN2C(=O)[C@@H]3[C@H](C2=O)[C@H]2C=C[C@H]3C2)cc(I)c1OCC(=O)Nc1ccc(Cl)cc1. The van der Waals surface area contributed by atoms with Crippen LogP contribution in [0.4, 0.5) is 5.69 Å². The summed E-state index contributed by atoms with van der Waals surface area (Å²) in [4.78, 5) is 37.9. The van der Waals surface area contributed by atoms with E-state index in [4.69, 9.17) is 21.1 Å². The second-order valence-corrected chi connectivity index (χ2v) is 10.2. The summed E-state index contributed by atoms with van der Waals surface area (Å²) in [6, 6.07) is 10.2. The molecule has 1 saturated heterocycles. The van der Waals surface area contributed by atoms with Gasteiger partial charge in [-0.1, -0.05) is 23.8 Å². The van der Waals surface area contributed by atoms with Gasteiger partial charge in [0, 0.05) is 10.7 Å². The number of hydrogen-bond donors (Lipinski definition) is 1. The molecular formula is C25H21ClIN3O5. The van der Waals surface area contributed by atoms with Crippen molar-refractivity contribution >= 4 is 63.8 Å². The maximum absolute atomic E-state index is 12.8. The fourth-order valence-electron chi connectivity index (χ4n) is 4.95. The number of allylic oxidation sites excluding steroid dienone is 2. The number of fused-ring (bicyclic) bond motifs is 5. The number of anilines is 1. The Labute approximate surface area is 220 Å². The van der Waals surface area contributed by atoms with Gasteiger partial charge in [0.1, 0.15) is 0 Å². The Morgan fingerprint density at radius 3 is 2.46 bits per heavy atom. The Morgan fingerprint density at radius 2 is 1.83 bits per heavy atom. The summed E-state index contributed by atoms with van der Waals surface area (Å²) in [5.74, 6) is -0.318. The van der Waals surface area contributed by atoms with Crippen molar-refractivity contribution in [2.24, 2.45) is 28.8 Å². The second kappa shape index (κ2) is 9.62. The van der Waals surface area contributed by atoms with E-state index in [2.05, 4.69) is 33.0 Å². The number of carbonyl (C=O) groups is 3. The zero-order valence-corrected chi connectivity index (χ0v) is 21.5. The number of imide groups is 1. The van der Waals surface area contributed by atoms with E-state index in [1.54, 1.807) is 36.4 Å². The zero-order valence-electron chi connectivity index (χ0n) is 18.6. The molecule has 1 heterocycles. The van der Waals surface area contributed by atoms with Crippen LogP contribution in [-0.4, -0.2) is 42.7 Å². The standard InChI is InChI=1S/C25H21ClIN3O5/c1-34-19-9-13(11-28-30-24(32)21-14-2-3-15(10-14)22(21)25(30)33)8-18(27)23(19)35-12-20(31)29-17-6-4-16(26)5-7-17/h2-9,11,14-15,21-22H,10,12H2,1H3,(H,29,31)/t14-,15-,21-,22+/m0/s1. The largest absolute Gasteiger partial charge is 0.493 e. The molecule has 1 saturated carbocycles. The lowest BCUT2D eigenvalue weighted by atomic mass is 9.85. The second-order valence-electron chi connectivity index (χ2n) is 8.61. The van der Waals surface area contributed by atoms with Gasteiger partial charge in [-0.05, 0) is 82.8 Å². The van der Waals surface area contributed by atoms with E-state index in [1.807, 2.05) is 12.2 Å². The Hall–Kier alpha value is -2.92. The monoisotopic (exact) mass is 605 g/mol. The number of hydrogen-bond acceptors (Lipinski definition) is 6. The molecule has 0 spiro atoms. The highest BCUT2D eigenvalue weighted by Gasteiger charge is 2.59. The average molecular weight is 606 g/mol. The molecular weight excluding hydrogens is 585 g/mol. The van der Waals surface area contributed by atoms with Gasteiger partial charge >= 0.3 is 0 Å². The molecule has 3 amide bonds. The summed E-state index contributed by atoms with van der Waals surface area (Å²) in [6.07, 6.45) is 6.44. The van der Waals surface area contributed by atoms with Gasteiger partial charge < -0.3 is 14.8 Å². The van der Waals surface area contributed by atoms with Gasteiger partial charge in [0.15, 0.2) is 18.1 Å². The van der Waals surface area contributed by atoms with Crippen molar-refractivity contribution in [2.75, 3.05) is 19.0 Å². The molecule has 8 nitrogen and oxygen atoms in total. The molecule has 2 fully saturated rings. The third-order valence-electron chi connectivity index (χ3n) is 6.50. The first-order chi connectivity index (χ1) is 16.9. The topological polar surface area (TPSA) is 97.3 Å². The first kappa shape index (κ1) is 23.8. The molecule has 2 aliphatic carbocycles. The Bertz CT molecular complexity index is 1230. The van der Waals surface area contributed by atoms with Gasteiger partial charge in [-0.2, -0.15) is 10.1 Å². The van der Waals surface area contributed by atoms with E-state index in [0.717, 1.165) is 11.4 Å². The van der Waals surface area contributed by atoms with E-state index in [9.17, 15) is 14.4 Å². The predicted molar refractivity (Wildman–Crippen MR) is 138 cm³/mol. The number of ether oxygens (including phenoxy) is 2. The first-order valence-corrected chi connectivity index (χ1v) is 12.5. The first-order valence-electron chi connectivity index (χ1n) is 11.0. The van der Waals surface area contributed by atoms with Crippen LogP contribution >= 0.6 is 34.2 Å². The lowest BCUT2D eigenvalue weighted by Gasteiger charge is -2.14. The number of nitrogens with one attached hydrogen (secondary N) is 1. The molecule has 35 heavy (non-hydrogen) atoms. The van der Waals surface area contributed by atoms with Crippen LogP contribution in [0, 0.1) is 27.2 Å². The van der Waals surface area contributed by atoms with Crippen molar-refractivity contribution < 1.29 is 23.9 Å². The third kappa shape index (κ3) is 4.54. The van der Waals surface area contributed by atoms with Crippen LogP contribution in [0.2, 0.25) is 5.02 Å². The van der Waals surface area contributed by atoms with E-state index in [-0.39, 0.29) is 48.0 Å². The lowest BCUT2D eigenvalue weighted by molar-refractivity contribution is -0.140. The molecule has 10 heteroatoms. The van der Waals surface area contributed by atoms with E-state index >= 15 is 0 Å². The molecule has 4 atom stereocenters. The number of carbonyl (C=O) groups excluding carboxylic acids is 3. The summed E-state index contributed by atoms with van der Waals surface area (Å²) >= 11 is 7.93. The fraction of sp³-hybridized carbons (Fsp3) is 0.280. The van der Waals surface area contributed by atoms with Crippen LogP contribution in [0.3, 0.4) is 0 Å². The molecule has 5 rings (SSSR count). The molecule has 1 N–H and O–H groups in total. The van der Waals surface area contributed by atoms with Crippen molar-refractivity contribution in [1.29, 1.82) is 0 Å². The molecule has 2 aromatic carbocycles. The quantitative estimate of drug-likeness (QED) is 0.222. The zero-order chi connectivity index (χ0) is 24.7. The smallest absolute Gasteiger partial charge is 0.262 e. The van der Waals surface area contributed by atoms with E-state index in [1.165, 1.54) is 13.3 Å². The van der Waals surface area contributed by atoms with Crippen LogP contribution in [0.1, 0.15) is 12.0 Å². The van der Waals surface area contributed by atoms with Crippen molar-refractivity contribution in [1.82, 2.24) is 5.01 Å². The Kier molecular flexibility index (Phi) is 6.54. The van der Waals surface area contributed by atoms with E-state index in [0.29, 0.717) is 31.3 Å². The summed E-state index contributed by atoms with van der Waals surface area (Å²) < 4.78 is 11.9. The van der Waals surface area contributed by atoms with Crippen molar-refractivity contribution in [2.45, 2.75) is 6.42 Å². The van der Waals surface area contributed by atoms with Crippen molar-refractivity contribution in [3.8, 4) is 11.5 Å². The highest BCUT2D eigenvalue weighted by atomic mass is 127. The highest BCUT2D eigenvalue weighted by Crippen LogP contribution is 2.52. The third-order valence-corrected chi connectivity index (χ3v) is 7.55. The Balaban J connectivity index is 1.26. The summed E-state index contributed by atoms with van der Waals surface area (Å²) in [7, 11) is 1.49. The maximum Gasteiger partial charge on any atom is 0.262 e. The molecule has 3 aliphatic rings.